The van der Waals surface area contributed by atoms with Gasteiger partial charge in [0, 0.05) is 27.4 Å². The van der Waals surface area contributed by atoms with Crippen molar-refractivity contribution in [3.05, 3.63) is 0 Å². The summed E-state index contributed by atoms with van der Waals surface area (Å²) in [5.41, 5.74) is 0. The number of carbonyl (C=O) groups is 2. The maximum Gasteiger partial charge on any atom is 0.303 e. The van der Waals surface area contributed by atoms with Crippen LogP contribution in [0.1, 0.15) is 27.2 Å². The molecule has 4 atom stereocenters. The van der Waals surface area contributed by atoms with Crippen LogP contribution in [0.2, 0.25) is 0 Å². The van der Waals surface area contributed by atoms with Gasteiger partial charge in [0.25, 0.3) is 0 Å². The Balaban J connectivity index is 2.74. The third-order valence-corrected chi connectivity index (χ3v) is 2.50. The molecule has 1 saturated heterocycles. The Morgan fingerprint density at radius 3 is 2.24 bits per heavy atom. The van der Waals surface area contributed by atoms with Crippen LogP contribution in [0.4, 0.5) is 0 Å². The van der Waals surface area contributed by atoms with Crippen LogP contribution in [-0.4, -0.2) is 43.7 Å². The Hall–Kier alpha value is -1.14. The first-order valence-corrected chi connectivity index (χ1v) is 5.46. The lowest BCUT2D eigenvalue weighted by Gasteiger charge is -2.38. The molecule has 0 bridgehead atoms. The summed E-state index contributed by atoms with van der Waals surface area (Å²) in [7, 11) is 1.51. The second-order valence-electron chi connectivity index (χ2n) is 3.96. The van der Waals surface area contributed by atoms with E-state index in [1.165, 1.54) is 21.0 Å². The first-order valence-electron chi connectivity index (χ1n) is 5.46. The van der Waals surface area contributed by atoms with Crippen LogP contribution in [0, 0.1) is 0 Å². The quantitative estimate of drug-likeness (QED) is 0.680. The second kappa shape index (κ2) is 5.97. The zero-order chi connectivity index (χ0) is 13.0. The number of carbonyl (C=O) groups excluding carboxylic acids is 2. The summed E-state index contributed by atoms with van der Waals surface area (Å²) < 4.78 is 20.8. The lowest BCUT2D eigenvalue weighted by Crippen LogP contribution is -2.51. The highest BCUT2D eigenvalue weighted by Crippen LogP contribution is 2.25. The van der Waals surface area contributed by atoms with E-state index in [1.807, 2.05) is 0 Å². The van der Waals surface area contributed by atoms with Crippen LogP contribution >= 0.6 is 0 Å². The average Bonchev–Trinajstić information content (AvgIpc) is 2.21. The number of methoxy groups -OCH3 is 1. The monoisotopic (exact) mass is 246 g/mol. The Kier molecular flexibility index (Phi) is 4.89. The zero-order valence-electron chi connectivity index (χ0n) is 10.5. The molecule has 0 aliphatic carbocycles. The zero-order valence-corrected chi connectivity index (χ0v) is 10.5. The molecule has 6 heteroatoms. The van der Waals surface area contributed by atoms with E-state index in [0.29, 0.717) is 6.42 Å². The number of rotatable bonds is 3. The van der Waals surface area contributed by atoms with Gasteiger partial charge in [-0.2, -0.15) is 0 Å². The van der Waals surface area contributed by atoms with Crippen molar-refractivity contribution in [2.45, 2.75) is 51.8 Å². The fourth-order valence-corrected chi connectivity index (χ4v) is 1.84. The molecule has 1 rings (SSSR count). The van der Waals surface area contributed by atoms with Crippen molar-refractivity contribution in [1.29, 1.82) is 0 Å². The highest BCUT2D eigenvalue weighted by atomic mass is 16.7. The van der Waals surface area contributed by atoms with Crippen molar-refractivity contribution in [2.24, 2.45) is 0 Å². The highest BCUT2D eigenvalue weighted by Gasteiger charge is 2.40. The van der Waals surface area contributed by atoms with Crippen LogP contribution < -0.4 is 0 Å². The third-order valence-electron chi connectivity index (χ3n) is 2.50. The number of hydrogen-bond acceptors (Lipinski definition) is 6. The first kappa shape index (κ1) is 13.9. The Labute approximate surface area is 100 Å². The predicted molar refractivity (Wildman–Crippen MR) is 57.1 cm³/mol. The number of esters is 2. The molecular weight excluding hydrogens is 228 g/mol. The van der Waals surface area contributed by atoms with Gasteiger partial charge in [-0.3, -0.25) is 9.59 Å². The van der Waals surface area contributed by atoms with E-state index >= 15 is 0 Å². The van der Waals surface area contributed by atoms with Crippen LogP contribution in [0.15, 0.2) is 0 Å². The molecule has 17 heavy (non-hydrogen) atoms. The van der Waals surface area contributed by atoms with Crippen LogP contribution in [0.3, 0.4) is 0 Å². The molecule has 4 unspecified atom stereocenters. The fraction of sp³-hybridized carbons (Fsp3) is 0.818. The minimum absolute atomic E-state index is 0.346. The fourth-order valence-electron chi connectivity index (χ4n) is 1.84. The van der Waals surface area contributed by atoms with Crippen LogP contribution in [0.5, 0.6) is 0 Å². The van der Waals surface area contributed by atoms with Crippen molar-refractivity contribution in [2.75, 3.05) is 7.11 Å². The van der Waals surface area contributed by atoms with E-state index in [1.54, 1.807) is 6.92 Å². The van der Waals surface area contributed by atoms with Gasteiger partial charge in [0.1, 0.15) is 6.10 Å². The van der Waals surface area contributed by atoms with Gasteiger partial charge < -0.3 is 18.9 Å². The molecule has 1 aliphatic rings. The SMILES string of the molecule is COC1CC(OC(C)=O)C(OC(C)=O)C(C)O1. The third kappa shape index (κ3) is 3.98. The van der Waals surface area contributed by atoms with Crippen LogP contribution in [-0.2, 0) is 28.5 Å². The molecule has 6 nitrogen and oxygen atoms in total. The highest BCUT2D eigenvalue weighted by molar-refractivity contribution is 5.67. The van der Waals surface area contributed by atoms with Gasteiger partial charge in [-0.25, -0.2) is 0 Å². The minimum atomic E-state index is -0.595. The molecule has 0 aromatic heterocycles. The molecule has 0 N–H and O–H groups in total. The smallest absolute Gasteiger partial charge is 0.303 e. The summed E-state index contributed by atoms with van der Waals surface area (Å²) in [6.07, 6.45) is -1.63. The summed E-state index contributed by atoms with van der Waals surface area (Å²) in [4.78, 5) is 22.0. The molecule has 0 spiro atoms. The van der Waals surface area contributed by atoms with Gasteiger partial charge in [0.2, 0.25) is 0 Å². The summed E-state index contributed by atoms with van der Waals surface area (Å²) >= 11 is 0. The molecule has 1 fully saturated rings. The largest absolute Gasteiger partial charge is 0.458 e. The summed E-state index contributed by atoms with van der Waals surface area (Å²) in [5.74, 6) is -0.852. The van der Waals surface area contributed by atoms with Gasteiger partial charge in [0.05, 0.1) is 6.10 Å². The average molecular weight is 246 g/mol. The molecule has 0 radical (unpaired) electrons. The molecule has 1 aliphatic heterocycles. The lowest BCUT2D eigenvalue weighted by atomic mass is 10.0. The van der Waals surface area contributed by atoms with Gasteiger partial charge in [0.15, 0.2) is 12.4 Å². The Morgan fingerprint density at radius 1 is 1.18 bits per heavy atom. The van der Waals surface area contributed by atoms with Gasteiger partial charge in [-0.05, 0) is 6.92 Å². The van der Waals surface area contributed by atoms with E-state index in [0.717, 1.165) is 0 Å². The summed E-state index contributed by atoms with van der Waals surface area (Å²) in [5, 5.41) is 0. The topological polar surface area (TPSA) is 71.1 Å². The normalized spacial score (nSPS) is 32.9. The van der Waals surface area contributed by atoms with Gasteiger partial charge in [-0.15, -0.1) is 0 Å². The van der Waals surface area contributed by atoms with E-state index in [9.17, 15) is 9.59 Å². The van der Waals surface area contributed by atoms with E-state index in [2.05, 4.69) is 0 Å². The van der Waals surface area contributed by atoms with E-state index in [-0.39, 0.29) is 6.10 Å². The Bertz CT molecular complexity index is 290. The van der Waals surface area contributed by atoms with Crippen molar-refractivity contribution in [3.8, 4) is 0 Å². The number of ether oxygens (including phenoxy) is 4. The first-order chi connectivity index (χ1) is 7.93. The van der Waals surface area contributed by atoms with Gasteiger partial charge in [-0.1, -0.05) is 0 Å². The summed E-state index contributed by atoms with van der Waals surface area (Å²) in [6.45, 7) is 4.36. The lowest BCUT2D eigenvalue weighted by molar-refractivity contribution is -0.248. The summed E-state index contributed by atoms with van der Waals surface area (Å²) in [6, 6.07) is 0. The molecule has 0 aromatic rings. The standard InChI is InChI=1S/C11H18O6/c1-6-11(17-8(3)13)9(16-7(2)12)5-10(14-4)15-6/h6,9-11H,5H2,1-4H3. The molecule has 1 heterocycles. The molecule has 98 valence electrons. The second-order valence-corrected chi connectivity index (χ2v) is 3.96. The predicted octanol–water partition coefficient (Wildman–Crippen LogP) is 0.631. The minimum Gasteiger partial charge on any atom is -0.458 e. The molecule has 0 amide bonds. The maximum absolute atomic E-state index is 11.0. The van der Waals surface area contributed by atoms with Gasteiger partial charge >= 0.3 is 11.9 Å². The van der Waals surface area contributed by atoms with Crippen LogP contribution in [0.25, 0.3) is 0 Å². The molecule has 0 aromatic carbocycles. The Morgan fingerprint density at radius 2 is 1.76 bits per heavy atom. The maximum atomic E-state index is 11.0. The van der Waals surface area contributed by atoms with Crippen molar-refractivity contribution in [1.82, 2.24) is 0 Å². The molecule has 0 saturated carbocycles. The van der Waals surface area contributed by atoms with Crippen molar-refractivity contribution < 1.29 is 28.5 Å². The number of hydrogen-bond donors (Lipinski definition) is 0. The van der Waals surface area contributed by atoms with E-state index < -0.39 is 30.4 Å². The van der Waals surface area contributed by atoms with E-state index in [4.69, 9.17) is 18.9 Å². The molecular formula is C11H18O6. The van der Waals surface area contributed by atoms with Crippen molar-refractivity contribution >= 4 is 11.9 Å². The van der Waals surface area contributed by atoms with Crippen molar-refractivity contribution in [3.63, 3.8) is 0 Å².